The number of benzene rings is 1. The summed E-state index contributed by atoms with van der Waals surface area (Å²) in [4.78, 5) is 13.0. The molecule has 0 heterocycles. The van der Waals surface area contributed by atoms with Gasteiger partial charge in [0.2, 0.25) is 5.91 Å². The van der Waals surface area contributed by atoms with Gasteiger partial charge in [-0.25, -0.2) is 0 Å². The third kappa shape index (κ3) is 5.56. The van der Waals surface area contributed by atoms with Crippen molar-refractivity contribution < 1.29 is 9.53 Å². The minimum atomic E-state index is -0.457. The summed E-state index contributed by atoms with van der Waals surface area (Å²) in [6.07, 6.45) is 0. The molecule has 0 spiro atoms. The fourth-order valence-corrected chi connectivity index (χ4v) is 1.27. The van der Waals surface area contributed by atoms with Crippen LogP contribution >= 0.6 is 12.4 Å². The number of halogens is 1. The number of amides is 1. The summed E-state index contributed by atoms with van der Waals surface area (Å²) in [5.41, 5.74) is 5.49. The second-order valence-corrected chi connectivity index (χ2v) is 3.71. The molecule has 0 saturated heterocycles. The molecule has 5 heteroatoms. The Hall–Kier alpha value is -1.26. The summed E-state index contributed by atoms with van der Waals surface area (Å²) in [5, 5.41) is 0. The molecule has 0 aromatic heterocycles. The van der Waals surface area contributed by atoms with Gasteiger partial charge in [-0.15, -0.1) is 12.4 Å². The highest BCUT2D eigenvalue weighted by atomic mass is 35.5. The van der Waals surface area contributed by atoms with Gasteiger partial charge in [0.1, 0.15) is 12.4 Å². The van der Waals surface area contributed by atoms with Gasteiger partial charge in [-0.3, -0.25) is 4.79 Å². The van der Waals surface area contributed by atoms with Gasteiger partial charge in [-0.1, -0.05) is 18.2 Å². The molecule has 0 saturated carbocycles. The van der Waals surface area contributed by atoms with Gasteiger partial charge < -0.3 is 15.4 Å². The van der Waals surface area contributed by atoms with Crippen molar-refractivity contribution in [3.8, 4) is 5.75 Å². The van der Waals surface area contributed by atoms with Gasteiger partial charge in [0.15, 0.2) is 0 Å². The van der Waals surface area contributed by atoms with E-state index in [4.69, 9.17) is 10.5 Å². The second kappa shape index (κ2) is 7.92. The quantitative estimate of drug-likeness (QED) is 0.866. The van der Waals surface area contributed by atoms with Crippen LogP contribution in [-0.4, -0.2) is 37.0 Å². The van der Waals surface area contributed by atoms with Crippen molar-refractivity contribution in [2.24, 2.45) is 5.73 Å². The summed E-state index contributed by atoms with van der Waals surface area (Å²) >= 11 is 0. The van der Waals surface area contributed by atoms with Crippen LogP contribution in [0.4, 0.5) is 0 Å². The molecule has 1 aromatic rings. The Morgan fingerprint density at radius 3 is 2.53 bits per heavy atom. The lowest BCUT2D eigenvalue weighted by molar-refractivity contribution is -0.131. The van der Waals surface area contributed by atoms with Gasteiger partial charge in [0, 0.05) is 7.05 Å². The smallest absolute Gasteiger partial charge is 0.239 e. The van der Waals surface area contributed by atoms with Crippen molar-refractivity contribution in [2.45, 2.75) is 13.0 Å². The molecule has 0 aliphatic heterocycles. The van der Waals surface area contributed by atoms with Gasteiger partial charge in [-0.05, 0) is 19.1 Å². The predicted molar refractivity (Wildman–Crippen MR) is 70.5 cm³/mol. The van der Waals surface area contributed by atoms with E-state index in [1.54, 1.807) is 18.9 Å². The highest BCUT2D eigenvalue weighted by Crippen LogP contribution is 2.07. The highest BCUT2D eigenvalue weighted by molar-refractivity contribution is 5.85. The third-order valence-corrected chi connectivity index (χ3v) is 2.20. The van der Waals surface area contributed by atoms with Crippen molar-refractivity contribution in [2.75, 3.05) is 20.2 Å². The molecule has 1 rings (SSSR count). The number of likely N-dealkylation sites (N-methyl/N-ethyl adjacent to an activating group) is 1. The summed E-state index contributed by atoms with van der Waals surface area (Å²) in [6.45, 7) is 2.69. The van der Waals surface area contributed by atoms with Crippen LogP contribution in [0.3, 0.4) is 0 Å². The molecule has 0 aliphatic carbocycles. The molecule has 1 aromatic carbocycles. The molecule has 96 valence electrons. The van der Waals surface area contributed by atoms with E-state index in [1.165, 1.54) is 0 Å². The number of carbonyl (C=O) groups excluding carboxylic acids is 1. The Labute approximate surface area is 108 Å². The van der Waals surface area contributed by atoms with Gasteiger partial charge in [-0.2, -0.15) is 0 Å². The first-order chi connectivity index (χ1) is 7.61. The Morgan fingerprint density at radius 1 is 1.41 bits per heavy atom. The molecular weight excluding hydrogens is 240 g/mol. The summed E-state index contributed by atoms with van der Waals surface area (Å²) in [6, 6.07) is 9.05. The minimum Gasteiger partial charge on any atom is -0.492 e. The van der Waals surface area contributed by atoms with E-state index in [0.29, 0.717) is 13.2 Å². The van der Waals surface area contributed by atoms with Crippen molar-refractivity contribution in [3.05, 3.63) is 30.3 Å². The molecule has 0 radical (unpaired) electrons. The molecule has 17 heavy (non-hydrogen) atoms. The Balaban J connectivity index is 0.00000256. The summed E-state index contributed by atoms with van der Waals surface area (Å²) in [5.74, 6) is 0.737. The molecule has 1 atom stereocenters. The fraction of sp³-hybridized carbons (Fsp3) is 0.417. The molecule has 4 nitrogen and oxygen atoms in total. The maximum atomic E-state index is 11.4. The first kappa shape index (κ1) is 15.7. The van der Waals surface area contributed by atoms with E-state index in [2.05, 4.69) is 0 Å². The normalized spacial score (nSPS) is 11.2. The Morgan fingerprint density at radius 2 is 2.00 bits per heavy atom. The topological polar surface area (TPSA) is 55.6 Å². The largest absolute Gasteiger partial charge is 0.492 e. The number of nitrogens with two attached hydrogens (primary N) is 1. The van der Waals surface area contributed by atoms with Crippen LogP contribution < -0.4 is 10.5 Å². The minimum absolute atomic E-state index is 0. The number of para-hydroxylation sites is 1. The molecule has 2 N–H and O–H groups in total. The zero-order valence-electron chi connectivity index (χ0n) is 10.1. The van der Waals surface area contributed by atoms with Gasteiger partial charge in [0.25, 0.3) is 0 Å². The van der Waals surface area contributed by atoms with Crippen molar-refractivity contribution >= 4 is 18.3 Å². The van der Waals surface area contributed by atoms with E-state index in [-0.39, 0.29) is 18.3 Å². The standard InChI is InChI=1S/C12H18N2O2.ClH/c1-10(13)12(15)14(2)8-9-16-11-6-4-3-5-7-11;/h3-7,10H,8-9,13H2,1-2H3;1H/t10-;/m1./s1. The maximum Gasteiger partial charge on any atom is 0.239 e. The zero-order chi connectivity index (χ0) is 12.0. The van der Waals surface area contributed by atoms with E-state index >= 15 is 0 Å². The summed E-state index contributed by atoms with van der Waals surface area (Å²) < 4.78 is 5.47. The first-order valence-corrected chi connectivity index (χ1v) is 5.29. The molecule has 0 unspecified atom stereocenters. The molecular formula is C12H19ClN2O2. The van der Waals surface area contributed by atoms with Gasteiger partial charge in [0.05, 0.1) is 12.6 Å². The lowest BCUT2D eigenvalue weighted by Gasteiger charge is -2.19. The number of rotatable bonds is 5. The van der Waals surface area contributed by atoms with Gasteiger partial charge >= 0.3 is 0 Å². The zero-order valence-corrected chi connectivity index (χ0v) is 10.9. The van der Waals surface area contributed by atoms with Crippen LogP contribution in [0, 0.1) is 0 Å². The SMILES string of the molecule is C[C@@H](N)C(=O)N(C)CCOc1ccccc1.Cl. The number of carbonyl (C=O) groups is 1. The molecule has 0 aliphatic rings. The van der Waals surface area contributed by atoms with Crippen LogP contribution in [0.15, 0.2) is 30.3 Å². The Kier molecular flexibility index (Phi) is 7.34. The third-order valence-electron chi connectivity index (χ3n) is 2.20. The number of hydrogen-bond acceptors (Lipinski definition) is 3. The van der Waals surface area contributed by atoms with E-state index < -0.39 is 6.04 Å². The van der Waals surface area contributed by atoms with Crippen molar-refractivity contribution in [1.82, 2.24) is 4.90 Å². The maximum absolute atomic E-state index is 11.4. The second-order valence-electron chi connectivity index (χ2n) is 3.71. The number of hydrogen-bond donors (Lipinski definition) is 1. The van der Waals surface area contributed by atoms with E-state index in [9.17, 15) is 4.79 Å². The number of ether oxygens (including phenoxy) is 1. The number of nitrogens with zero attached hydrogens (tertiary/aromatic N) is 1. The molecule has 0 bridgehead atoms. The highest BCUT2D eigenvalue weighted by Gasteiger charge is 2.12. The lowest BCUT2D eigenvalue weighted by atomic mass is 10.3. The van der Waals surface area contributed by atoms with Crippen LogP contribution in [0.1, 0.15) is 6.92 Å². The van der Waals surface area contributed by atoms with E-state index in [0.717, 1.165) is 5.75 Å². The van der Waals surface area contributed by atoms with Crippen LogP contribution in [0.2, 0.25) is 0 Å². The van der Waals surface area contributed by atoms with Crippen molar-refractivity contribution in [1.29, 1.82) is 0 Å². The molecule has 1 amide bonds. The average Bonchev–Trinajstić information content (AvgIpc) is 2.29. The summed E-state index contributed by atoms with van der Waals surface area (Å²) in [7, 11) is 1.72. The van der Waals surface area contributed by atoms with Crippen molar-refractivity contribution in [3.63, 3.8) is 0 Å². The fourth-order valence-electron chi connectivity index (χ4n) is 1.27. The monoisotopic (exact) mass is 258 g/mol. The predicted octanol–water partition coefficient (Wildman–Crippen LogP) is 1.29. The van der Waals surface area contributed by atoms with Crippen LogP contribution in [-0.2, 0) is 4.79 Å². The first-order valence-electron chi connectivity index (χ1n) is 5.29. The lowest BCUT2D eigenvalue weighted by Crippen LogP contribution is -2.41. The van der Waals surface area contributed by atoms with Crippen LogP contribution in [0.5, 0.6) is 5.75 Å². The molecule has 0 fully saturated rings. The Bertz CT molecular complexity index is 331. The van der Waals surface area contributed by atoms with Crippen LogP contribution in [0.25, 0.3) is 0 Å². The van der Waals surface area contributed by atoms with E-state index in [1.807, 2.05) is 30.3 Å². The average molecular weight is 259 g/mol.